The molecule has 17 heavy (non-hydrogen) atoms. The smallest absolute Gasteiger partial charge is 0.137 e. The van der Waals surface area contributed by atoms with Gasteiger partial charge >= 0.3 is 0 Å². The van der Waals surface area contributed by atoms with Crippen LogP contribution in [-0.2, 0) is 0 Å². The van der Waals surface area contributed by atoms with Crippen LogP contribution in [0.1, 0.15) is 27.2 Å². The average Bonchev–Trinajstić information content (AvgIpc) is 2.28. The molecule has 1 aliphatic rings. The van der Waals surface area contributed by atoms with Crippen molar-refractivity contribution in [2.75, 3.05) is 24.6 Å². The number of aromatic nitrogens is 1. The highest BCUT2D eigenvalue weighted by Crippen LogP contribution is 2.19. The van der Waals surface area contributed by atoms with E-state index in [0.29, 0.717) is 12.6 Å². The molecule has 1 saturated heterocycles. The third kappa shape index (κ3) is 4.23. The predicted molar refractivity (Wildman–Crippen MR) is 71.6 cm³/mol. The minimum atomic E-state index is 0.309. The Bertz CT molecular complexity index is 307. The van der Waals surface area contributed by atoms with Crippen molar-refractivity contribution in [2.24, 2.45) is 5.73 Å². The Morgan fingerprint density at radius 2 is 2.00 bits per heavy atom. The molecule has 2 rings (SSSR count). The van der Waals surface area contributed by atoms with E-state index in [1.165, 1.54) is 6.42 Å². The first-order valence-electron chi connectivity index (χ1n) is 6.30. The number of anilines is 1. The SMILES string of the molecule is CCC.CCOc1ccc(N2CC(N)C2)nc1. The third-order valence-corrected chi connectivity index (χ3v) is 2.27. The van der Waals surface area contributed by atoms with E-state index in [9.17, 15) is 0 Å². The summed E-state index contributed by atoms with van der Waals surface area (Å²) < 4.78 is 5.31. The van der Waals surface area contributed by atoms with Gasteiger partial charge in [-0.2, -0.15) is 0 Å². The van der Waals surface area contributed by atoms with E-state index in [1.54, 1.807) is 6.20 Å². The third-order valence-electron chi connectivity index (χ3n) is 2.27. The van der Waals surface area contributed by atoms with E-state index in [0.717, 1.165) is 24.7 Å². The average molecular weight is 237 g/mol. The van der Waals surface area contributed by atoms with Crippen LogP contribution < -0.4 is 15.4 Å². The lowest BCUT2D eigenvalue weighted by Gasteiger charge is -2.37. The first-order valence-corrected chi connectivity index (χ1v) is 6.30. The van der Waals surface area contributed by atoms with Crippen LogP contribution in [0.3, 0.4) is 0 Å². The van der Waals surface area contributed by atoms with E-state index < -0.39 is 0 Å². The van der Waals surface area contributed by atoms with Crippen LogP contribution in [0.2, 0.25) is 0 Å². The lowest BCUT2D eigenvalue weighted by molar-refractivity contribution is 0.338. The molecule has 0 saturated carbocycles. The van der Waals surface area contributed by atoms with Gasteiger partial charge in [-0.3, -0.25) is 0 Å². The summed E-state index contributed by atoms with van der Waals surface area (Å²) in [6.45, 7) is 8.69. The van der Waals surface area contributed by atoms with Crippen molar-refractivity contribution in [1.29, 1.82) is 0 Å². The van der Waals surface area contributed by atoms with E-state index in [-0.39, 0.29) is 0 Å². The zero-order chi connectivity index (χ0) is 12.7. The fraction of sp³-hybridized carbons (Fsp3) is 0.615. The predicted octanol–water partition coefficient (Wildman–Crippen LogP) is 2.04. The summed E-state index contributed by atoms with van der Waals surface area (Å²) in [5.41, 5.74) is 5.69. The molecule has 0 bridgehead atoms. The van der Waals surface area contributed by atoms with Gasteiger partial charge < -0.3 is 15.4 Å². The van der Waals surface area contributed by atoms with Crippen molar-refractivity contribution in [3.63, 3.8) is 0 Å². The fourth-order valence-corrected chi connectivity index (χ4v) is 1.51. The van der Waals surface area contributed by atoms with Crippen molar-refractivity contribution >= 4 is 5.82 Å². The zero-order valence-corrected chi connectivity index (χ0v) is 11.0. The second-order valence-corrected chi connectivity index (χ2v) is 4.16. The highest BCUT2D eigenvalue weighted by atomic mass is 16.5. The Morgan fingerprint density at radius 1 is 1.35 bits per heavy atom. The number of ether oxygens (including phenoxy) is 1. The van der Waals surface area contributed by atoms with E-state index in [1.807, 2.05) is 19.1 Å². The molecule has 0 unspecified atom stereocenters. The molecule has 2 N–H and O–H groups in total. The lowest BCUT2D eigenvalue weighted by Crippen LogP contribution is -2.56. The Labute approximate surface area is 104 Å². The summed E-state index contributed by atoms with van der Waals surface area (Å²) in [6.07, 6.45) is 3.00. The topological polar surface area (TPSA) is 51.4 Å². The van der Waals surface area contributed by atoms with Crippen molar-refractivity contribution in [3.05, 3.63) is 18.3 Å². The molecule has 1 aromatic rings. The Balaban J connectivity index is 0.000000437. The van der Waals surface area contributed by atoms with Crippen molar-refractivity contribution in [2.45, 2.75) is 33.2 Å². The van der Waals surface area contributed by atoms with E-state index in [2.05, 4.69) is 23.7 Å². The van der Waals surface area contributed by atoms with Gasteiger partial charge in [-0.05, 0) is 19.1 Å². The summed E-state index contributed by atoms with van der Waals surface area (Å²) in [5.74, 6) is 1.80. The van der Waals surface area contributed by atoms with E-state index in [4.69, 9.17) is 10.5 Å². The molecule has 0 atom stereocenters. The molecule has 0 radical (unpaired) electrons. The lowest BCUT2D eigenvalue weighted by atomic mass is 10.1. The number of hydrogen-bond donors (Lipinski definition) is 1. The van der Waals surface area contributed by atoms with Gasteiger partial charge in [-0.15, -0.1) is 0 Å². The Morgan fingerprint density at radius 3 is 2.41 bits per heavy atom. The molecule has 0 aliphatic carbocycles. The van der Waals surface area contributed by atoms with Crippen LogP contribution >= 0.6 is 0 Å². The van der Waals surface area contributed by atoms with Crippen LogP contribution in [-0.4, -0.2) is 30.7 Å². The largest absolute Gasteiger partial charge is 0.492 e. The van der Waals surface area contributed by atoms with Crippen LogP contribution in [0, 0.1) is 0 Å². The molecule has 1 fully saturated rings. The monoisotopic (exact) mass is 237 g/mol. The molecular formula is C13H23N3O. The van der Waals surface area contributed by atoms with Gasteiger partial charge in [0.2, 0.25) is 0 Å². The number of nitrogens with zero attached hydrogens (tertiary/aromatic N) is 2. The molecule has 96 valence electrons. The quantitative estimate of drug-likeness (QED) is 0.874. The van der Waals surface area contributed by atoms with Crippen molar-refractivity contribution in [1.82, 2.24) is 4.98 Å². The van der Waals surface area contributed by atoms with Crippen molar-refractivity contribution in [3.8, 4) is 5.75 Å². The number of pyridine rings is 1. The number of rotatable bonds is 3. The highest BCUT2D eigenvalue weighted by Gasteiger charge is 2.23. The molecule has 0 spiro atoms. The minimum Gasteiger partial charge on any atom is -0.492 e. The molecule has 2 heterocycles. The number of hydrogen-bond acceptors (Lipinski definition) is 4. The highest BCUT2D eigenvalue weighted by molar-refractivity contribution is 5.44. The summed E-state index contributed by atoms with van der Waals surface area (Å²) in [6, 6.07) is 4.22. The molecular weight excluding hydrogens is 214 g/mol. The normalized spacial score (nSPS) is 14.7. The summed E-state index contributed by atoms with van der Waals surface area (Å²) in [5, 5.41) is 0. The van der Waals surface area contributed by atoms with Gasteiger partial charge in [0.1, 0.15) is 11.6 Å². The first-order chi connectivity index (χ1) is 8.21. The van der Waals surface area contributed by atoms with Crippen molar-refractivity contribution < 1.29 is 4.74 Å². The minimum absolute atomic E-state index is 0.309. The zero-order valence-electron chi connectivity index (χ0n) is 11.0. The van der Waals surface area contributed by atoms with Gasteiger partial charge in [0, 0.05) is 19.1 Å². The second-order valence-electron chi connectivity index (χ2n) is 4.16. The van der Waals surface area contributed by atoms with Gasteiger partial charge in [-0.25, -0.2) is 4.98 Å². The first kappa shape index (κ1) is 13.8. The molecule has 1 aliphatic heterocycles. The maximum absolute atomic E-state index is 5.69. The van der Waals surface area contributed by atoms with Crippen LogP contribution in [0.25, 0.3) is 0 Å². The summed E-state index contributed by atoms with van der Waals surface area (Å²) in [4.78, 5) is 6.45. The molecule has 4 heteroatoms. The van der Waals surface area contributed by atoms with Gasteiger partial charge in [-0.1, -0.05) is 20.3 Å². The van der Waals surface area contributed by atoms with Gasteiger partial charge in [0.15, 0.2) is 0 Å². The molecule has 0 amide bonds. The van der Waals surface area contributed by atoms with Gasteiger partial charge in [0.05, 0.1) is 12.8 Å². The van der Waals surface area contributed by atoms with Gasteiger partial charge in [0.25, 0.3) is 0 Å². The van der Waals surface area contributed by atoms with Crippen LogP contribution in [0.5, 0.6) is 5.75 Å². The number of nitrogens with two attached hydrogens (primary N) is 1. The second kappa shape index (κ2) is 7.12. The Kier molecular flexibility index (Phi) is 5.77. The van der Waals surface area contributed by atoms with Crippen LogP contribution in [0.15, 0.2) is 18.3 Å². The fourth-order valence-electron chi connectivity index (χ4n) is 1.51. The molecule has 0 aromatic carbocycles. The maximum Gasteiger partial charge on any atom is 0.137 e. The van der Waals surface area contributed by atoms with E-state index >= 15 is 0 Å². The molecule has 4 nitrogen and oxygen atoms in total. The molecule has 1 aromatic heterocycles. The van der Waals surface area contributed by atoms with Crippen LogP contribution in [0.4, 0.5) is 5.82 Å². The maximum atomic E-state index is 5.69. The standard InChI is InChI=1S/C10H15N3O.C3H8/c1-2-14-9-3-4-10(12-5-9)13-6-8(11)7-13;1-3-2/h3-5,8H,2,6-7,11H2,1H3;3H2,1-2H3. The Hall–Kier alpha value is -1.29. The summed E-state index contributed by atoms with van der Waals surface area (Å²) >= 11 is 0. The summed E-state index contributed by atoms with van der Waals surface area (Å²) in [7, 11) is 0.